The quantitative estimate of drug-likeness (QED) is 0.736. The monoisotopic (exact) mass is 289 g/mol. The smallest absolute Gasteiger partial charge is 0.414 e. The highest BCUT2D eigenvalue weighted by molar-refractivity contribution is 5.91. The Kier molecular flexibility index (Phi) is 3.83. The first-order valence-corrected chi connectivity index (χ1v) is 7.24. The summed E-state index contributed by atoms with van der Waals surface area (Å²) >= 11 is 0. The second-order valence-corrected chi connectivity index (χ2v) is 7.16. The van der Waals surface area contributed by atoms with Crippen LogP contribution in [0, 0.1) is 0 Å². The number of carbonyl (C=O) groups is 2. The maximum Gasteiger partial charge on any atom is 0.414 e. The topological polar surface area (TPSA) is 46.6 Å². The van der Waals surface area contributed by atoms with Gasteiger partial charge in [0.1, 0.15) is 11.9 Å². The molecule has 0 aliphatic carbocycles. The summed E-state index contributed by atoms with van der Waals surface area (Å²) in [5, 5.41) is 0. The Morgan fingerprint density at radius 3 is 2.57 bits per heavy atom. The largest absolute Gasteiger partial charge is 0.443 e. The normalized spacial score (nSPS) is 17.1. The number of benzene rings is 1. The minimum absolute atomic E-state index is 0.0626. The molecule has 4 nitrogen and oxygen atoms in total. The Bertz CT molecular complexity index is 570. The number of aldehydes is 1. The van der Waals surface area contributed by atoms with Gasteiger partial charge in [0.15, 0.2) is 0 Å². The molecule has 114 valence electrons. The van der Waals surface area contributed by atoms with Gasteiger partial charge in [-0.05, 0) is 56.4 Å². The van der Waals surface area contributed by atoms with Crippen LogP contribution < -0.4 is 4.90 Å². The number of amides is 1. The third-order valence-corrected chi connectivity index (χ3v) is 3.75. The Morgan fingerprint density at radius 2 is 2.00 bits per heavy atom. The minimum Gasteiger partial charge on any atom is -0.443 e. The van der Waals surface area contributed by atoms with Gasteiger partial charge in [-0.2, -0.15) is 0 Å². The first-order valence-electron chi connectivity index (χ1n) is 7.24. The molecular weight excluding hydrogens is 266 g/mol. The van der Waals surface area contributed by atoms with Gasteiger partial charge >= 0.3 is 6.09 Å². The molecule has 0 radical (unpaired) electrons. The lowest BCUT2D eigenvalue weighted by molar-refractivity contribution is 0.0574. The lowest BCUT2D eigenvalue weighted by Gasteiger charge is -2.39. The summed E-state index contributed by atoms with van der Waals surface area (Å²) in [6, 6.07) is 5.45. The fourth-order valence-corrected chi connectivity index (χ4v) is 2.56. The van der Waals surface area contributed by atoms with E-state index in [9.17, 15) is 9.59 Å². The van der Waals surface area contributed by atoms with Gasteiger partial charge in [0.2, 0.25) is 0 Å². The predicted octanol–water partition coefficient (Wildman–Crippen LogP) is 3.92. The average molecular weight is 289 g/mol. The van der Waals surface area contributed by atoms with E-state index < -0.39 is 5.60 Å². The summed E-state index contributed by atoms with van der Waals surface area (Å²) in [6.07, 6.45) is 1.34. The van der Waals surface area contributed by atoms with Crippen molar-refractivity contribution in [2.45, 2.75) is 52.1 Å². The third kappa shape index (κ3) is 3.26. The molecule has 0 unspecified atom stereocenters. The predicted molar refractivity (Wildman–Crippen MR) is 83.1 cm³/mol. The zero-order valence-electron chi connectivity index (χ0n) is 13.4. The van der Waals surface area contributed by atoms with Gasteiger partial charge in [-0.3, -0.25) is 9.69 Å². The molecule has 0 spiro atoms. The van der Waals surface area contributed by atoms with Gasteiger partial charge < -0.3 is 4.74 Å². The van der Waals surface area contributed by atoms with Gasteiger partial charge in [-0.15, -0.1) is 0 Å². The fraction of sp³-hybridized carbons (Fsp3) is 0.529. The van der Waals surface area contributed by atoms with E-state index in [0.29, 0.717) is 12.1 Å². The van der Waals surface area contributed by atoms with Crippen LogP contribution in [0.2, 0.25) is 0 Å². The molecule has 0 bridgehead atoms. The van der Waals surface area contributed by atoms with Crippen LogP contribution in [0.3, 0.4) is 0 Å². The lowest BCUT2D eigenvalue weighted by atomic mass is 9.77. The van der Waals surface area contributed by atoms with Crippen molar-refractivity contribution in [2.75, 3.05) is 11.4 Å². The minimum atomic E-state index is -0.521. The van der Waals surface area contributed by atoms with E-state index in [1.165, 1.54) is 0 Å². The molecule has 1 aromatic rings. The van der Waals surface area contributed by atoms with Crippen LogP contribution in [-0.4, -0.2) is 24.5 Å². The lowest BCUT2D eigenvalue weighted by Crippen LogP contribution is -2.43. The molecule has 0 N–H and O–H groups in total. The highest BCUT2D eigenvalue weighted by Gasteiger charge is 2.35. The first kappa shape index (κ1) is 15.5. The Balaban J connectivity index is 2.41. The molecule has 21 heavy (non-hydrogen) atoms. The molecule has 0 saturated carbocycles. The second-order valence-electron chi connectivity index (χ2n) is 7.16. The molecule has 2 rings (SSSR count). The Morgan fingerprint density at radius 1 is 1.33 bits per heavy atom. The number of hydrogen-bond acceptors (Lipinski definition) is 3. The van der Waals surface area contributed by atoms with Crippen LogP contribution in [0.25, 0.3) is 0 Å². The van der Waals surface area contributed by atoms with Crippen LogP contribution >= 0.6 is 0 Å². The highest BCUT2D eigenvalue weighted by Crippen LogP contribution is 2.40. The van der Waals surface area contributed by atoms with Crippen LogP contribution in [0.15, 0.2) is 18.2 Å². The maximum atomic E-state index is 12.4. The molecule has 1 aliphatic rings. The molecule has 0 aromatic heterocycles. The van der Waals surface area contributed by atoms with Crippen molar-refractivity contribution in [3.05, 3.63) is 29.3 Å². The second kappa shape index (κ2) is 5.17. The van der Waals surface area contributed by atoms with Gasteiger partial charge in [0, 0.05) is 12.1 Å². The Labute approximate surface area is 126 Å². The molecule has 1 aromatic carbocycles. The zero-order valence-corrected chi connectivity index (χ0v) is 13.4. The van der Waals surface area contributed by atoms with Crippen molar-refractivity contribution in [1.29, 1.82) is 0 Å². The zero-order chi connectivity index (χ0) is 15.8. The molecule has 0 atom stereocenters. The summed E-state index contributed by atoms with van der Waals surface area (Å²) in [4.78, 5) is 25.0. The summed E-state index contributed by atoms with van der Waals surface area (Å²) in [7, 11) is 0. The maximum absolute atomic E-state index is 12.4. The molecule has 1 heterocycles. The van der Waals surface area contributed by atoms with Gasteiger partial charge in [0.05, 0.1) is 5.69 Å². The van der Waals surface area contributed by atoms with Crippen LogP contribution in [0.5, 0.6) is 0 Å². The van der Waals surface area contributed by atoms with E-state index in [0.717, 1.165) is 24.0 Å². The summed E-state index contributed by atoms with van der Waals surface area (Å²) in [5.41, 5.74) is 1.91. The van der Waals surface area contributed by atoms with Crippen molar-refractivity contribution in [1.82, 2.24) is 0 Å². The van der Waals surface area contributed by atoms with Crippen molar-refractivity contribution >= 4 is 18.1 Å². The fourth-order valence-electron chi connectivity index (χ4n) is 2.56. The molecule has 1 aliphatic heterocycles. The van der Waals surface area contributed by atoms with E-state index in [-0.39, 0.29) is 11.5 Å². The van der Waals surface area contributed by atoms with E-state index >= 15 is 0 Å². The first-order chi connectivity index (χ1) is 9.64. The van der Waals surface area contributed by atoms with Crippen LogP contribution in [-0.2, 0) is 10.2 Å². The van der Waals surface area contributed by atoms with Crippen molar-refractivity contribution in [3.63, 3.8) is 0 Å². The van der Waals surface area contributed by atoms with E-state index in [2.05, 4.69) is 13.8 Å². The van der Waals surface area contributed by atoms with Crippen molar-refractivity contribution in [2.24, 2.45) is 0 Å². The van der Waals surface area contributed by atoms with Crippen molar-refractivity contribution in [3.8, 4) is 0 Å². The van der Waals surface area contributed by atoms with E-state index in [1.807, 2.05) is 32.9 Å². The molecular formula is C17H23NO3. The number of hydrogen-bond donors (Lipinski definition) is 0. The number of nitrogens with zero attached hydrogens (tertiary/aromatic N) is 1. The standard InChI is InChI=1S/C17H23NO3/c1-16(2,3)21-15(20)18-9-8-17(4,5)13-10-12(11-19)6-7-14(13)18/h6-7,10-11H,8-9H2,1-5H3. The van der Waals surface area contributed by atoms with Gasteiger partial charge in [0.25, 0.3) is 0 Å². The van der Waals surface area contributed by atoms with Gasteiger partial charge in [-0.25, -0.2) is 4.79 Å². The Hall–Kier alpha value is -1.84. The van der Waals surface area contributed by atoms with E-state index in [1.54, 1.807) is 11.0 Å². The number of fused-ring (bicyclic) bond motifs is 1. The molecule has 0 fully saturated rings. The summed E-state index contributed by atoms with van der Waals surface area (Å²) < 4.78 is 5.48. The number of anilines is 1. The van der Waals surface area contributed by atoms with Crippen LogP contribution in [0.1, 0.15) is 57.0 Å². The third-order valence-electron chi connectivity index (χ3n) is 3.75. The summed E-state index contributed by atoms with van der Waals surface area (Å²) in [5.74, 6) is 0. The number of carbonyl (C=O) groups excluding carboxylic acids is 2. The number of ether oxygens (including phenoxy) is 1. The van der Waals surface area contributed by atoms with Crippen LogP contribution in [0.4, 0.5) is 10.5 Å². The molecule has 1 amide bonds. The SMILES string of the molecule is CC(C)(C)OC(=O)N1CCC(C)(C)c2cc(C=O)ccc21. The van der Waals surface area contributed by atoms with Crippen molar-refractivity contribution < 1.29 is 14.3 Å². The number of rotatable bonds is 1. The highest BCUT2D eigenvalue weighted by atomic mass is 16.6. The van der Waals surface area contributed by atoms with Gasteiger partial charge in [-0.1, -0.05) is 13.8 Å². The molecule has 4 heteroatoms. The average Bonchev–Trinajstić information content (AvgIpc) is 2.36. The molecule has 0 saturated heterocycles. The van der Waals surface area contributed by atoms with E-state index in [4.69, 9.17) is 4.74 Å². The summed E-state index contributed by atoms with van der Waals surface area (Å²) in [6.45, 7) is 10.5.